The molecule has 7 nitrogen and oxygen atoms in total. The van der Waals surface area contributed by atoms with E-state index in [1.807, 2.05) is 88.4 Å². The molecule has 32 heavy (non-hydrogen) atoms. The molecule has 0 radical (unpaired) electrons. The van der Waals surface area contributed by atoms with Crippen LogP contribution in [-0.2, 0) is 28.0 Å². The SMILES string of the molecule is CCc1nc(CC)nc(OC(C(=O)O)C(OC(C)C)(c2ccccc2)c2ccccc2)n1. The molecule has 3 aromatic rings. The number of hydrogen-bond acceptors (Lipinski definition) is 6. The van der Waals surface area contributed by atoms with Crippen molar-refractivity contribution in [3.8, 4) is 6.01 Å². The largest absolute Gasteiger partial charge is 0.478 e. The first kappa shape index (κ1) is 23.3. The lowest BCUT2D eigenvalue weighted by molar-refractivity contribution is -0.169. The fourth-order valence-corrected chi connectivity index (χ4v) is 3.64. The summed E-state index contributed by atoms with van der Waals surface area (Å²) in [6.07, 6.45) is -0.591. The van der Waals surface area contributed by atoms with Crippen molar-refractivity contribution in [1.82, 2.24) is 15.0 Å². The molecule has 2 aromatic carbocycles. The Hall–Kier alpha value is -3.32. The number of aromatic nitrogens is 3. The Morgan fingerprint density at radius 1 is 0.875 bits per heavy atom. The molecule has 0 fully saturated rings. The van der Waals surface area contributed by atoms with Gasteiger partial charge >= 0.3 is 12.0 Å². The third-order valence-electron chi connectivity index (χ3n) is 4.98. The van der Waals surface area contributed by atoms with Crippen LogP contribution in [0, 0.1) is 0 Å². The van der Waals surface area contributed by atoms with Crippen molar-refractivity contribution in [2.45, 2.75) is 58.3 Å². The van der Waals surface area contributed by atoms with Crippen LogP contribution in [0.25, 0.3) is 0 Å². The van der Waals surface area contributed by atoms with Crippen LogP contribution in [-0.4, -0.2) is 38.2 Å². The molecule has 0 saturated heterocycles. The monoisotopic (exact) mass is 435 g/mol. The Bertz CT molecular complexity index is 964. The topological polar surface area (TPSA) is 94.4 Å². The number of carboxylic acid groups (broad SMARTS) is 1. The second-order valence-electron chi connectivity index (χ2n) is 7.63. The van der Waals surface area contributed by atoms with Crippen LogP contribution in [0.4, 0.5) is 0 Å². The number of ether oxygens (including phenoxy) is 2. The summed E-state index contributed by atoms with van der Waals surface area (Å²) in [5.74, 6) is -0.0913. The van der Waals surface area contributed by atoms with Gasteiger partial charge in [0.05, 0.1) is 6.10 Å². The highest BCUT2D eigenvalue weighted by Gasteiger charge is 2.50. The van der Waals surface area contributed by atoms with Gasteiger partial charge in [-0.3, -0.25) is 0 Å². The van der Waals surface area contributed by atoms with E-state index in [0.29, 0.717) is 35.6 Å². The van der Waals surface area contributed by atoms with Gasteiger partial charge in [-0.25, -0.2) is 9.78 Å². The molecular weight excluding hydrogens is 406 g/mol. The van der Waals surface area contributed by atoms with Crippen molar-refractivity contribution in [1.29, 1.82) is 0 Å². The van der Waals surface area contributed by atoms with Crippen LogP contribution in [0.15, 0.2) is 60.7 Å². The standard InChI is InChI=1S/C25H29N3O4/c1-5-20-26-21(6-2)28-24(27-20)31-22(23(29)30)25(32-17(3)4,18-13-9-7-10-14-18)19-15-11-8-12-16-19/h7-17,22H,5-6H2,1-4H3,(H,29,30). The zero-order valence-corrected chi connectivity index (χ0v) is 18.9. The van der Waals surface area contributed by atoms with Crippen LogP contribution < -0.4 is 4.74 Å². The minimum atomic E-state index is -1.45. The lowest BCUT2D eigenvalue weighted by Gasteiger charge is -2.40. The molecule has 7 heteroatoms. The molecule has 1 N–H and O–H groups in total. The Balaban J connectivity index is 2.24. The van der Waals surface area contributed by atoms with Crippen molar-refractivity contribution in [3.63, 3.8) is 0 Å². The summed E-state index contributed by atoms with van der Waals surface area (Å²) in [6, 6.07) is 18.5. The highest BCUT2D eigenvalue weighted by atomic mass is 16.6. The first-order chi connectivity index (χ1) is 15.4. The Morgan fingerprint density at radius 3 is 1.72 bits per heavy atom. The van der Waals surface area contributed by atoms with Gasteiger partial charge in [-0.15, -0.1) is 0 Å². The maximum atomic E-state index is 12.7. The summed E-state index contributed by atoms with van der Waals surface area (Å²) in [4.78, 5) is 25.8. The van der Waals surface area contributed by atoms with E-state index in [1.165, 1.54) is 0 Å². The third kappa shape index (κ3) is 4.94. The molecule has 0 bridgehead atoms. The Labute approximate surface area is 188 Å². The number of nitrogens with zero attached hydrogens (tertiary/aromatic N) is 3. The van der Waals surface area contributed by atoms with Crippen LogP contribution >= 0.6 is 0 Å². The minimum Gasteiger partial charge on any atom is -0.478 e. The van der Waals surface area contributed by atoms with E-state index in [4.69, 9.17) is 9.47 Å². The molecule has 1 atom stereocenters. The van der Waals surface area contributed by atoms with E-state index in [0.717, 1.165) is 0 Å². The Kier molecular flexibility index (Phi) is 7.53. The fourth-order valence-electron chi connectivity index (χ4n) is 3.64. The molecule has 0 aliphatic heterocycles. The molecule has 0 aliphatic carbocycles. The van der Waals surface area contributed by atoms with E-state index >= 15 is 0 Å². The minimum absolute atomic E-state index is 0.0234. The molecule has 0 aliphatic rings. The van der Waals surface area contributed by atoms with Gasteiger partial charge in [0.1, 0.15) is 11.6 Å². The highest BCUT2D eigenvalue weighted by molar-refractivity contribution is 5.76. The number of aryl methyl sites for hydroxylation is 2. The third-order valence-corrected chi connectivity index (χ3v) is 4.98. The predicted molar refractivity (Wildman–Crippen MR) is 121 cm³/mol. The van der Waals surface area contributed by atoms with Crippen molar-refractivity contribution in [2.75, 3.05) is 0 Å². The van der Waals surface area contributed by atoms with Gasteiger partial charge in [0.25, 0.3) is 0 Å². The van der Waals surface area contributed by atoms with Gasteiger partial charge in [0, 0.05) is 12.8 Å². The summed E-state index contributed by atoms with van der Waals surface area (Å²) < 4.78 is 12.5. The molecular formula is C25H29N3O4. The number of carbonyl (C=O) groups is 1. The van der Waals surface area contributed by atoms with E-state index in [9.17, 15) is 9.90 Å². The molecule has 1 aromatic heterocycles. The fraction of sp³-hybridized carbons (Fsp3) is 0.360. The summed E-state index contributed by atoms with van der Waals surface area (Å²) in [5, 5.41) is 10.4. The highest BCUT2D eigenvalue weighted by Crippen LogP contribution is 2.40. The average molecular weight is 436 g/mol. The Morgan fingerprint density at radius 2 is 1.34 bits per heavy atom. The number of rotatable bonds is 10. The summed E-state index contributed by atoms with van der Waals surface area (Å²) in [7, 11) is 0. The normalized spacial score (nSPS) is 12.5. The van der Waals surface area contributed by atoms with E-state index in [1.54, 1.807) is 0 Å². The van der Waals surface area contributed by atoms with E-state index in [-0.39, 0.29) is 12.1 Å². The van der Waals surface area contributed by atoms with Crippen LogP contribution in [0.1, 0.15) is 50.5 Å². The summed E-state index contributed by atoms with van der Waals surface area (Å²) in [5.41, 5.74) is -0.117. The number of hydrogen-bond donors (Lipinski definition) is 1. The zero-order chi connectivity index (χ0) is 23.1. The van der Waals surface area contributed by atoms with Gasteiger partial charge in [0.2, 0.25) is 6.10 Å². The van der Waals surface area contributed by atoms with Gasteiger partial charge in [-0.2, -0.15) is 9.97 Å². The second-order valence-corrected chi connectivity index (χ2v) is 7.63. The molecule has 3 rings (SSSR count). The van der Waals surface area contributed by atoms with Crippen molar-refractivity contribution in [2.24, 2.45) is 0 Å². The van der Waals surface area contributed by atoms with Crippen LogP contribution in [0.5, 0.6) is 6.01 Å². The van der Waals surface area contributed by atoms with Crippen molar-refractivity contribution in [3.05, 3.63) is 83.4 Å². The summed E-state index contributed by atoms with van der Waals surface area (Å²) >= 11 is 0. The zero-order valence-electron chi connectivity index (χ0n) is 18.9. The van der Waals surface area contributed by atoms with Gasteiger partial charge < -0.3 is 14.6 Å². The van der Waals surface area contributed by atoms with Crippen molar-refractivity contribution >= 4 is 5.97 Å². The lowest BCUT2D eigenvalue weighted by Crippen LogP contribution is -2.52. The number of benzene rings is 2. The quantitative estimate of drug-likeness (QED) is 0.510. The molecule has 168 valence electrons. The first-order valence-corrected chi connectivity index (χ1v) is 10.8. The average Bonchev–Trinajstić information content (AvgIpc) is 2.81. The number of carboxylic acids is 1. The lowest BCUT2D eigenvalue weighted by atomic mass is 9.80. The van der Waals surface area contributed by atoms with E-state index < -0.39 is 17.7 Å². The van der Waals surface area contributed by atoms with Crippen LogP contribution in [0.2, 0.25) is 0 Å². The maximum absolute atomic E-state index is 12.7. The van der Waals surface area contributed by atoms with Gasteiger partial charge in [-0.05, 0) is 25.0 Å². The molecule has 1 unspecified atom stereocenters. The van der Waals surface area contributed by atoms with Gasteiger partial charge in [-0.1, -0.05) is 74.5 Å². The predicted octanol–water partition coefficient (Wildman–Crippen LogP) is 4.20. The summed E-state index contributed by atoms with van der Waals surface area (Å²) in [6.45, 7) is 7.58. The smallest absolute Gasteiger partial charge is 0.348 e. The molecule has 0 saturated carbocycles. The second kappa shape index (κ2) is 10.3. The molecule has 0 spiro atoms. The van der Waals surface area contributed by atoms with Crippen molar-refractivity contribution < 1.29 is 19.4 Å². The van der Waals surface area contributed by atoms with Gasteiger partial charge in [0.15, 0.2) is 5.60 Å². The van der Waals surface area contributed by atoms with E-state index in [2.05, 4.69) is 15.0 Å². The molecule has 1 heterocycles. The first-order valence-electron chi connectivity index (χ1n) is 10.8. The maximum Gasteiger partial charge on any atom is 0.348 e. The number of aliphatic carboxylic acids is 1. The molecule has 0 amide bonds. The van der Waals surface area contributed by atoms with Crippen LogP contribution in [0.3, 0.4) is 0 Å².